The van der Waals surface area contributed by atoms with Gasteiger partial charge >= 0.3 is 0 Å². The molecule has 0 radical (unpaired) electrons. The highest BCUT2D eigenvalue weighted by Gasteiger charge is 2.05. The molecule has 0 saturated carbocycles. The minimum absolute atomic E-state index is 0.532. The fourth-order valence-corrected chi connectivity index (χ4v) is 1.88. The van der Waals surface area contributed by atoms with Gasteiger partial charge in [0, 0.05) is 37.3 Å². The number of nitrogens with one attached hydrogen (secondary N) is 1. The molecule has 1 N–H and O–H groups in total. The van der Waals surface area contributed by atoms with E-state index in [1.807, 2.05) is 6.20 Å². The highest BCUT2D eigenvalue weighted by molar-refractivity contribution is 7.15. The third-order valence-electron chi connectivity index (χ3n) is 2.03. The van der Waals surface area contributed by atoms with Gasteiger partial charge in [-0.05, 0) is 6.92 Å². The Morgan fingerprint density at radius 2 is 2.29 bits per heavy atom. The summed E-state index contributed by atoms with van der Waals surface area (Å²) in [5, 5.41) is 4.49. The van der Waals surface area contributed by atoms with Gasteiger partial charge in [0.25, 0.3) is 0 Å². The summed E-state index contributed by atoms with van der Waals surface area (Å²) in [5.41, 5.74) is 0. The molecule has 0 aliphatic carbocycles. The monoisotopic (exact) mass is 213 g/mol. The molecule has 0 spiro atoms. The second kappa shape index (κ2) is 5.32. The quantitative estimate of drug-likeness (QED) is 0.812. The van der Waals surface area contributed by atoms with Crippen molar-refractivity contribution in [2.24, 2.45) is 0 Å². The predicted octanol–water partition coefficient (Wildman–Crippen LogP) is 2.10. The van der Waals surface area contributed by atoms with Crippen LogP contribution in [0.15, 0.2) is 6.20 Å². The molecular formula is C10H19N3S. The molecule has 0 fully saturated rings. The van der Waals surface area contributed by atoms with Crippen molar-refractivity contribution in [2.75, 3.05) is 18.5 Å². The lowest BCUT2D eigenvalue weighted by atomic mass is 10.4. The summed E-state index contributed by atoms with van der Waals surface area (Å²) in [7, 11) is 2.07. The largest absolute Gasteiger partial charge is 0.351 e. The maximum atomic E-state index is 4.37. The fraction of sp³-hybridized carbons (Fsp3) is 0.700. The number of hydrogen-bond donors (Lipinski definition) is 1. The van der Waals surface area contributed by atoms with Crippen molar-refractivity contribution in [1.82, 2.24) is 10.3 Å². The molecule has 1 aromatic heterocycles. The van der Waals surface area contributed by atoms with Crippen LogP contribution in [0.25, 0.3) is 0 Å². The van der Waals surface area contributed by atoms with Crippen LogP contribution in [0.4, 0.5) is 5.13 Å². The number of thiazole rings is 1. The van der Waals surface area contributed by atoms with E-state index in [9.17, 15) is 0 Å². The normalized spacial score (nSPS) is 10.9. The first kappa shape index (κ1) is 11.5. The van der Waals surface area contributed by atoms with Gasteiger partial charge in [-0.25, -0.2) is 4.98 Å². The molecule has 0 atom stereocenters. The topological polar surface area (TPSA) is 28.2 Å². The van der Waals surface area contributed by atoms with E-state index in [0.29, 0.717) is 6.04 Å². The Hall–Kier alpha value is -0.610. The summed E-state index contributed by atoms with van der Waals surface area (Å²) < 4.78 is 0. The first-order chi connectivity index (χ1) is 6.63. The summed E-state index contributed by atoms with van der Waals surface area (Å²) in [6, 6.07) is 0.532. The maximum Gasteiger partial charge on any atom is 0.185 e. The molecule has 0 amide bonds. The van der Waals surface area contributed by atoms with Crippen LogP contribution in [0.3, 0.4) is 0 Å². The maximum absolute atomic E-state index is 4.37. The Balaban J connectivity index is 2.50. The van der Waals surface area contributed by atoms with Gasteiger partial charge in [0.2, 0.25) is 0 Å². The van der Waals surface area contributed by atoms with Crippen LogP contribution >= 0.6 is 11.3 Å². The number of nitrogens with zero attached hydrogens (tertiary/aromatic N) is 2. The van der Waals surface area contributed by atoms with Gasteiger partial charge in [0.1, 0.15) is 0 Å². The van der Waals surface area contributed by atoms with Crippen LogP contribution in [0, 0.1) is 0 Å². The smallest absolute Gasteiger partial charge is 0.185 e. The van der Waals surface area contributed by atoms with Crippen molar-refractivity contribution in [2.45, 2.75) is 33.4 Å². The van der Waals surface area contributed by atoms with Gasteiger partial charge in [0.15, 0.2) is 5.13 Å². The summed E-state index contributed by atoms with van der Waals surface area (Å²) in [6.45, 7) is 8.37. The van der Waals surface area contributed by atoms with E-state index in [4.69, 9.17) is 0 Å². The lowest BCUT2D eigenvalue weighted by Crippen LogP contribution is -2.21. The molecule has 80 valence electrons. The van der Waals surface area contributed by atoms with Gasteiger partial charge in [-0.2, -0.15) is 0 Å². The Morgan fingerprint density at radius 3 is 2.86 bits per heavy atom. The molecule has 1 aromatic rings. The van der Waals surface area contributed by atoms with Crippen LogP contribution in [0.2, 0.25) is 0 Å². The van der Waals surface area contributed by atoms with Gasteiger partial charge in [-0.1, -0.05) is 13.8 Å². The van der Waals surface area contributed by atoms with E-state index in [2.05, 4.69) is 43.0 Å². The summed E-state index contributed by atoms with van der Waals surface area (Å²) >= 11 is 1.76. The second-order valence-electron chi connectivity index (χ2n) is 3.66. The van der Waals surface area contributed by atoms with Crippen LogP contribution in [0.1, 0.15) is 25.6 Å². The van der Waals surface area contributed by atoms with E-state index < -0.39 is 0 Å². The number of rotatable bonds is 5. The molecule has 4 heteroatoms. The summed E-state index contributed by atoms with van der Waals surface area (Å²) in [5.74, 6) is 0. The average molecular weight is 213 g/mol. The third kappa shape index (κ3) is 3.27. The minimum atomic E-state index is 0.532. The van der Waals surface area contributed by atoms with Gasteiger partial charge in [-0.15, -0.1) is 11.3 Å². The molecule has 0 saturated heterocycles. The average Bonchev–Trinajstić information content (AvgIpc) is 2.62. The lowest BCUT2D eigenvalue weighted by Gasteiger charge is -2.11. The first-order valence-electron chi connectivity index (χ1n) is 5.02. The molecule has 0 bridgehead atoms. The minimum Gasteiger partial charge on any atom is -0.351 e. The number of aromatic nitrogens is 1. The van der Waals surface area contributed by atoms with Crippen molar-refractivity contribution < 1.29 is 0 Å². The predicted molar refractivity (Wildman–Crippen MR) is 63.0 cm³/mol. The van der Waals surface area contributed by atoms with Crippen molar-refractivity contribution in [3.05, 3.63) is 11.1 Å². The summed E-state index contributed by atoms with van der Waals surface area (Å²) in [4.78, 5) is 7.83. The highest BCUT2D eigenvalue weighted by Crippen LogP contribution is 2.20. The molecule has 0 aliphatic rings. The molecule has 0 unspecified atom stereocenters. The molecule has 1 rings (SSSR count). The fourth-order valence-electron chi connectivity index (χ4n) is 0.995. The van der Waals surface area contributed by atoms with Crippen molar-refractivity contribution >= 4 is 16.5 Å². The molecule has 14 heavy (non-hydrogen) atoms. The lowest BCUT2D eigenvalue weighted by molar-refractivity contribution is 0.593. The van der Waals surface area contributed by atoms with E-state index in [1.165, 1.54) is 4.88 Å². The highest BCUT2D eigenvalue weighted by atomic mass is 32.1. The molecular weight excluding hydrogens is 194 g/mol. The number of anilines is 1. The van der Waals surface area contributed by atoms with Crippen LogP contribution in [0.5, 0.6) is 0 Å². The van der Waals surface area contributed by atoms with E-state index in [-0.39, 0.29) is 0 Å². The Morgan fingerprint density at radius 1 is 1.57 bits per heavy atom. The number of hydrogen-bond acceptors (Lipinski definition) is 4. The molecule has 3 nitrogen and oxygen atoms in total. The van der Waals surface area contributed by atoms with E-state index in [1.54, 1.807) is 11.3 Å². The standard InChI is InChI=1S/C10H19N3S/c1-5-13(4)10-12-7-9(14-10)6-11-8(2)3/h7-8,11H,5-6H2,1-4H3. The van der Waals surface area contributed by atoms with Crippen molar-refractivity contribution in [3.63, 3.8) is 0 Å². The zero-order valence-corrected chi connectivity index (χ0v) is 10.2. The zero-order chi connectivity index (χ0) is 10.6. The molecule has 0 aliphatic heterocycles. The third-order valence-corrected chi connectivity index (χ3v) is 3.14. The second-order valence-corrected chi connectivity index (χ2v) is 4.75. The van der Waals surface area contributed by atoms with Gasteiger partial charge < -0.3 is 10.2 Å². The molecule has 0 aromatic carbocycles. The van der Waals surface area contributed by atoms with E-state index >= 15 is 0 Å². The van der Waals surface area contributed by atoms with Crippen LogP contribution < -0.4 is 10.2 Å². The Bertz CT molecular complexity index is 270. The van der Waals surface area contributed by atoms with Crippen molar-refractivity contribution in [1.29, 1.82) is 0 Å². The Kier molecular flexibility index (Phi) is 4.35. The van der Waals surface area contributed by atoms with Crippen molar-refractivity contribution in [3.8, 4) is 0 Å². The summed E-state index contributed by atoms with van der Waals surface area (Å²) in [6.07, 6.45) is 1.96. The van der Waals surface area contributed by atoms with Gasteiger partial charge in [0.05, 0.1) is 0 Å². The first-order valence-corrected chi connectivity index (χ1v) is 5.84. The van der Waals surface area contributed by atoms with Crippen LogP contribution in [-0.2, 0) is 6.54 Å². The van der Waals surface area contributed by atoms with Crippen LogP contribution in [-0.4, -0.2) is 24.6 Å². The van der Waals surface area contributed by atoms with E-state index in [0.717, 1.165) is 18.2 Å². The zero-order valence-electron chi connectivity index (χ0n) is 9.37. The Labute approximate surface area is 90.2 Å². The molecule has 1 heterocycles. The van der Waals surface area contributed by atoms with Gasteiger partial charge in [-0.3, -0.25) is 0 Å². The SMILES string of the molecule is CCN(C)c1ncc(CNC(C)C)s1.